The van der Waals surface area contributed by atoms with Crippen LogP contribution in [-0.4, -0.2) is 60.0 Å². The highest BCUT2D eigenvalue weighted by molar-refractivity contribution is 5.93. The zero-order valence-corrected chi connectivity index (χ0v) is 18.0. The fourth-order valence-corrected chi connectivity index (χ4v) is 4.44. The Morgan fingerprint density at radius 1 is 0.871 bits per heavy atom. The third-order valence-corrected chi connectivity index (χ3v) is 6.19. The first kappa shape index (κ1) is 19.7. The number of rotatable bonds is 6. The minimum atomic E-state index is 0.659. The van der Waals surface area contributed by atoms with Gasteiger partial charge >= 0.3 is 0 Å². The molecule has 2 aromatic heterocycles. The van der Waals surface area contributed by atoms with Crippen molar-refractivity contribution >= 4 is 16.6 Å². The molecule has 4 aromatic rings. The number of hydrogen-bond acceptors (Lipinski definition) is 5. The number of aromatic nitrogens is 4. The molecule has 0 radical (unpaired) electrons. The Balaban J connectivity index is 1.31. The molecule has 2 aromatic carbocycles. The molecule has 0 saturated carbocycles. The normalized spacial score (nSPS) is 19.0. The van der Waals surface area contributed by atoms with E-state index >= 15 is 0 Å². The van der Waals surface area contributed by atoms with E-state index in [1.165, 1.54) is 18.7 Å². The van der Waals surface area contributed by atoms with Crippen LogP contribution >= 0.6 is 0 Å². The van der Waals surface area contributed by atoms with Crippen molar-refractivity contribution in [1.82, 2.24) is 19.6 Å². The number of nitrogens with one attached hydrogen (secondary N) is 2. The monoisotopic (exact) mass is 420 g/mol. The molecule has 160 valence electrons. The summed E-state index contributed by atoms with van der Waals surface area (Å²) < 4.78 is 12.9. The summed E-state index contributed by atoms with van der Waals surface area (Å²) in [5.41, 5.74) is 3.03. The summed E-state index contributed by atoms with van der Waals surface area (Å²) in [7, 11) is 3.26. The lowest BCUT2D eigenvalue weighted by molar-refractivity contribution is -1.02. The lowest BCUT2D eigenvalue weighted by Crippen LogP contribution is -3.27. The summed E-state index contributed by atoms with van der Waals surface area (Å²) >= 11 is 0. The second-order valence-electron chi connectivity index (χ2n) is 8.12. The number of ether oxygens (including phenoxy) is 2. The third-order valence-electron chi connectivity index (χ3n) is 6.19. The van der Waals surface area contributed by atoms with Crippen molar-refractivity contribution in [1.29, 1.82) is 0 Å². The first-order valence-corrected chi connectivity index (χ1v) is 10.7. The molecule has 5 rings (SSSR count). The number of benzene rings is 2. The second-order valence-corrected chi connectivity index (χ2v) is 8.12. The Bertz CT molecular complexity index is 1190. The maximum Gasteiger partial charge on any atom is 0.193 e. The Morgan fingerprint density at radius 3 is 2.26 bits per heavy atom. The van der Waals surface area contributed by atoms with Gasteiger partial charge in [-0.1, -0.05) is 30.3 Å². The minimum absolute atomic E-state index is 0.659. The van der Waals surface area contributed by atoms with Crippen LogP contribution < -0.4 is 19.3 Å². The third kappa shape index (κ3) is 3.92. The average Bonchev–Trinajstić information content (AvgIpc) is 3.23. The van der Waals surface area contributed by atoms with E-state index in [4.69, 9.17) is 9.47 Å². The fraction of sp³-hybridized carbons (Fsp3) is 0.348. The van der Waals surface area contributed by atoms with Gasteiger partial charge in [0, 0.05) is 17.0 Å². The highest BCUT2D eigenvalue weighted by Gasteiger charge is 2.25. The van der Waals surface area contributed by atoms with Gasteiger partial charge in [0.1, 0.15) is 45.6 Å². The van der Waals surface area contributed by atoms with E-state index in [1.807, 2.05) is 22.9 Å². The van der Waals surface area contributed by atoms with Crippen molar-refractivity contribution in [3.63, 3.8) is 0 Å². The summed E-state index contributed by atoms with van der Waals surface area (Å²) in [6, 6.07) is 14.6. The van der Waals surface area contributed by atoms with Crippen molar-refractivity contribution in [2.45, 2.75) is 13.1 Å². The summed E-state index contributed by atoms with van der Waals surface area (Å²) in [5, 5.41) is 9.88. The predicted molar refractivity (Wildman–Crippen MR) is 117 cm³/mol. The van der Waals surface area contributed by atoms with Gasteiger partial charge in [-0.05, 0) is 6.07 Å². The number of methoxy groups -OCH3 is 2. The molecule has 0 spiro atoms. The Morgan fingerprint density at radius 2 is 1.55 bits per heavy atom. The van der Waals surface area contributed by atoms with Gasteiger partial charge in [0.15, 0.2) is 23.0 Å². The van der Waals surface area contributed by atoms with Crippen LogP contribution in [0.3, 0.4) is 0 Å². The molecular weight excluding hydrogens is 392 g/mol. The van der Waals surface area contributed by atoms with Crippen LogP contribution in [0.5, 0.6) is 11.5 Å². The fourth-order valence-electron chi connectivity index (χ4n) is 4.44. The molecule has 8 nitrogen and oxygen atoms in total. The van der Waals surface area contributed by atoms with Crippen LogP contribution in [0.25, 0.3) is 16.6 Å². The SMILES string of the molecule is COc1cc2ncn3c(C[NH+]4CC[NH+](Cc5ccccc5)CC4)nnc3c2cc1OC. The molecule has 31 heavy (non-hydrogen) atoms. The topological polar surface area (TPSA) is 70.4 Å². The van der Waals surface area contributed by atoms with E-state index in [0.717, 1.165) is 48.6 Å². The molecule has 0 unspecified atom stereocenters. The molecular formula is C23H28N6O2+2. The first-order chi connectivity index (χ1) is 15.2. The molecule has 3 heterocycles. The van der Waals surface area contributed by atoms with Crippen LogP contribution in [0.15, 0.2) is 48.8 Å². The van der Waals surface area contributed by atoms with Crippen LogP contribution in [0, 0.1) is 0 Å². The smallest absolute Gasteiger partial charge is 0.193 e. The first-order valence-electron chi connectivity index (χ1n) is 10.7. The van der Waals surface area contributed by atoms with Crippen molar-refractivity contribution < 1.29 is 19.3 Å². The van der Waals surface area contributed by atoms with Gasteiger partial charge in [0.25, 0.3) is 0 Å². The minimum Gasteiger partial charge on any atom is -0.493 e. The van der Waals surface area contributed by atoms with E-state index in [9.17, 15) is 0 Å². The molecule has 0 amide bonds. The molecule has 1 fully saturated rings. The lowest BCUT2D eigenvalue weighted by Gasteiger charge is -2.29. The van der Waals surface area contributed by atoms with E-state index in [2.05, 4.69) is 45.5 Å². The maximum absolute atomic E-state index is 5.46. The van der Waals surface area contributed by atoms with Gasteiger partial charge in [-0.2, -0.15) is 0 Å². The van der Waals surface area contributed by atoms with E-state index in [1.54, 1.807) is 24.0 Å². The van der Waals surface area contributed by atoms with Gasteiger partial charge in [0.05, 0.1) is 19.7 Å². The largest absolute Gasteiger partial charge is 0.493 e. The molecule has 8 heteroatoms. The van der Waals surface area contributed by atoms with Crippen molar-refractivity contribution in [3.8, 4) is 11.5 Å². The molecule has 1 aliphatic heterocycles. The summed E-state index contributed by atoms with van der Waals surface area (Å²) in [6.45, 7) is 6.54. The predicted octanol–water partition coefficient (Wildman–Crippen LogP) is -0.222. The number of fused-ring (bicyclic) bond motifs is 3. The number of hydrogen-bond donors (Lipinski definition) is 2. The highest BCUT2D eigenvalue weighted by atomic mass is 16.5. The van der Waals surface area contributed by atoms with E-state index in [0.29, 0.717) is 11.5 Å². The molecule has 1 saturated heterocycles. The van der Waals surface area contributed by atoms with Crippen molar-refractivity contribution in [2.75, 3.05) is 40.4 Å². The number of piperazine rings is 1. The van der Waals surface area contributed by atoms with Gasteiger partial charge in [-0.25, -0.2) is 4.98 Å². The summed E-state index contributed by atoms with van der Waals surface area (Å²) in [6.07, 6.45) is 1.81. The average molecular weight is 421 g/mol. The van der Waals surface area contributed by atoms with Crippen molar-refractivity contribution in [3.05, 3.63) is 60.2 Å². The Kier molecular flexibility index (Phi) is 5.40. The summed E-state index contributed by atoms with van der Waals surface area (Å²) in [4.78, 5) is 7.80. The van der Waals surface area contributed by atoms with Crippen LogP contribution in [0.1, 0.15) is 11.4 Å². The van der Waals surface area contributed by atoms with Crippen LogP contribution in [0.4, 0.5) is 0 Å². The zero-order valence-electron chi connectivity index (χ0n) is 18.0. The molecule has 1 aliphatic rings. The number of nitrogens with zero attached hydrogens (tertiary/aromatic N) is 4. The van der Waals surface area contributed by atoms with E-state index in [-0.39, 0.29) is 0 Å². The van der Waals surface area contributed by atoms with Gasteiger partial charge in [-0.15, -0.1) is 10.2 Å². The zero-order chi connectivity index (χ0) is 21.2. The Hall–Kier alpha value is -3.23. The number of quaternary nitrogens is 2. The molecule has 0 atom stereocenters. The molecule has 2 N–H and O–H groups in total. The summed E-state index contributed by atoms with van der Waals surface area (Å²) in [5.74, 6) is 2.27. The quantitative estimate of drug-likeness (QED) is 0.451. The lowest BCUT2D eigenvalue weighted by atomic mass is 10.2. The standard InChI is InChI=1S/C23H26N6O2/c1-30-20-12-18-19(13-21(20)31-2)24-16-29-22(25-26-23(18)29)15-28-10-8-27(9-11-28)14-17-6-4-3-5-7-17/h3-7,12-13,16H,8-11,14-15H2,1-2H3/p+2. The molecule has 0 aliphatic carbocycles. The van der Waals surface area contributed by atoms with Gasteiger partial charge in [-0.3, -0.25) is 4.40 Å². The van der Waals surface area contributed by atoms with E-state index < -0.39 is 0 Å². The Labute approximate surface area is 181 Å². The maximum atomic E-state index is 5.46. The van der Waals surface area contributed by atoms with Crippen LogP contribution in [-0.2, 0) is 13.1 Å². The van der Waals surface area contributed by atoms with Gasteiger partial charge in [0.2, 0.25) is 0 Å². The second kappa shape index (κ2) is 8.49. The van der Waals surface area contributed by atoms with Crippen LogP contribution in [0.2, 0.25) is 0 Å². The highest BCUT2D eigenvalue weighted by Crippen LogP contribution is 2.32. The van der Waals surface area contributed by atoms with Crippen molar-refractivity contribution in [2.24, 2.45) is 0 Å². The van der Waals surface area contributed by atoms with Gasteiger partial charge < -0.3 is 19.3 Å². The molecule has 0 bridgehead atoms.